The van der Waals surface area contributed by atoms with E-state index < -0.39 is 0 Å². The van der Waals surface area contributed by atoms with E-state index in [9.17, 15) is 4.79 Å². The number of aromatic nitrogens is 1. The first-order valence-corrected chi connectivity index (χ1v) is 7.35. The lowest BCUT2D eigenvalue weighted by Gasteiger charge is -2.19. The van der Waals surface area contributed by atoms with Crippen LogP contribution in [0, 0.1) is 0 Å². The molecule has 6 heteroatoms. The third kappa shape index (κ3) is 5.27. The number of hydrogen-bond acceptors (Lipinski definition) is 4. The summed E-state index contributed by atoms with van der Waals surface area (Å²) < 4.78 is 10.7. The highest BCUT2D eigenvalue weighted by molar-refractivity contribution is 5.73. The molecular formula is C17H21N3O3. The Morgan fingerprint density at radius 2 is 2.00 bits per heavy atom. The quantitative estimate of drug-likeness (QED) is 0.798. The molecule has 0 fully saturated rings. The molecule has 0 aliphatic rings. The highest BCUT2D eigenvalue weighted by Crippen LogP contribution is 2.23. The molecular weight excluding hydrogens is 294 g/mol. The molecule has 0 radical (unpaired) electrons. The van der Waals surface area contributed by atoms with Gasteiger partial charge < -0.3 is 19.7 Å². The van der Waals surface area contributed by atoms with E-state index >= 15 is 0 Å². The van der Waals surface area contributed by atoms with E-state index in [0.717, 1.165) is 5.56 Å². The van der Waals surface area contributed by atoms with Crippen molar-refractivity contribution in [1.29, 1.82) is 0 Å². The fourth-order valence-electron chi connectivity index (χ4n) is 1.96. The first-order valence-electron chi connectivity index (χ1n) is 7.35. The molecule has 23 heavy (non-hydrogen) atoms. The maximum absolute atomic E-state index is 12.0. The highest BCUT2D eigenvalue weighted by Gasteiger charge is 2.13. The van der Waals surface area contributed by atoms with Gasteiger partial charge in [-0.15, -0.1) is 0 Å². The lowest BCUT2D eigenvalue weighted by Crippen LogP contribution is -2.38. The Morgan fingerprint density at radius 1 is 1.22 bits per heavy atom. The molecule has 1 heterocycles. The van der Waals surface area contributed by atoms with Gasteiger partial charge in [0.2, 0.25) is 5.88 Å². The van der Waals surface area contributed by atoms with Gasteiger partial charge in [-0.05, 0) is 18.2 Å². The number of nitrogens with zero attached hydrogens (tertiary/aromatic N) is 2. The van der Waals surface area contributed by atoms with Crippen molar-refractivity contribution in [3.8, 4) is 11.6 Å². The van der Waals surface area contributed by atoms with Crippen LogP contribution in [-0.4, -0.2) is 43.2 Å². The summed E-state index contributed by atoms with van der Waals surface area (Å²) in [5.41, 5.74) is 0.834. The number of benzene rings is 1. The smallest absolute Gasteiger partial charge is 0.317 e. The predicted octanol–water partition coefficient (Wildman–Crippen LogP) is 2.66. The van der Waals surface area contributed by atoms with Crippen molar-refractivity contribution in [2.75, 3.05) is 27.3 Å². The summed E-state index contributed by atoms with van der Waals surface area (Å²) in [6, 6.07) is 13.0. The Labute approximate surface area is 136 Å². The van der Waals surface area contributed by atoms with Crippen LogP contribution >= 0.6 is 0 Å². The maximum Gasteiger partial charge on any atom is 0.317 e. The third-order valence-corrected chi connectivity index (χ3v) is 3.14. The summed E-state index contributed by atoms with van der Waals surface area (Å²) >= 11 is 0. The van der Waals surface area contributed by atoms with Crippen molar-refractivity contribution in [2.45, 2.75) is 6.54 Å². The van der Waals surface area contributed by atoms with E-state index in [1.165, 1.54) is 0 Å². The van der Waals surface area contributed by atoms with Crippen LogP contribution in [-0.2, 0) is 11.3 Å². The number of carbonyl (C=O) groups is 1. The molecule has 1 aromatic carbocycles. The SMILES string of the molecule is COCCNC(=O)N(C)Cc1cccnc1Oc1ccccc1. The van der Waals surface area contributed by atoms with Gasteiger partial charge in [0.15, 0.2) is 0 Å². The van der Waals surface area contributed by atoms with Crippen LogP contribution in [0.2, 0.25) is 0 Å². The van der Waals surface area contributed by atoms with Gasteiger partial charge in [-0.1, -0.05) is 24.3 Å². The average Bonchev–Trinajstić information content (AvgIpc) is 2.57. The number of amides is 2. The van der Waals surface area contributed by atoms with Gasteiger partial charge in [0.1, 0.15) is 5.75 Å². The number of carbonyl (C=O) groups excluding carboxylic acids is 1. The molecule has 0 saturated carbocycles. The van der Waals surface area contributed by atoms with E-state index in [4.69, 9.17) is 9.47 Å². The van der Waals surface area contributed by atoms with Gasteiger partial charge in [-0.3, -0.25) is 0 Å². The zero-order valence-electron chi connectivity index (χ0n) is 13.4. The molecule has 0 saturated heterocycles. The molecule has 0 bridgehead atoms. The molecule has 122 valence electrons. The molecule has 0 unspecified atom stereocenters. The van der Waals surface area contributed by atoms with E-state index in [1.54, 1.807) is 25.3 Å². The fraction of sp³-hybridized carbons (Fsp3) is 0.294. The van der Waals surface area contributed by atoms with Gasteiger partial charge in [-0.25, -0.2) is 9.78 Å². The number of urea groups is 1. The van der Waals surface area contributed by atoms with Crippen molar-refractivity contribution in [2.24, 2.45) is 0 Å². The number of pyridine rings is 1. The molecule has 0 aliphatic heterocycles. The van der Waals surface area contributed by atoms with Crippen LogP contribution in [0.5, 0.6) is 11.6 Å². The van der Waals surface area contributed by atoms with Crippen molar-refractivity contribution < 1.29 is 14.3 Å². The summed E-state index contributed by atoms with van der Waals surface area (Å²) in [4.78, 5) is 17.8. The molecule has 2 amide bonds. The molecule has 6 nitrogen and oxygen atoms in total. The lowest BCUT2D eigenvalue weighted by molar-refractivity contribution is 0.184. The minimum absolute atomic E-state index is 0.170. The second-order valence-electron chi connectivity index (χ2n) is 4.96. The number of rotatable bonds is 7. The molecule has 0 atom stereocenters. The molecule has 2 rings (SSSR count). The first kappa shape index (κ1) is 16.8. The molecule has 0 spiro atoms. The Morgan fingerprint density at radius 3 is 2.74 bits per heavy atom. The fourth-order valence-corrected chi connectivity index (χ4v) is 1.96. The zero-order valence-corrected chi connectivity index (χ0v) is 13.4. The largest absolute Gasteiger partial charge is 0.439 e. The summed E-state index contributed by atoms with van der Waals surface area (Å²) in [5, 5.41) is 2.77. The Hall–Kier alpha value is -2.60. The Balaban J connectivity index is 2.01. The second kappa shape index (κ2) is 8.75. The minimum Gasteiger partial charge on any atom is -0.439 e. The Bertz CT molecular complexity index is 619. The topological polar surface area (TPSA) is 63.7 Å². The van der Waals surface area contributed by atoms with Crippen molar-refractivity contribution in [1.82, 2.24) is 15.2 Å². The average molecular weight is 315 g/mol. The number of para-hydroxylation sites is 1. The standard InChI is InChI=1S/C17H21N3O3/c1-20(17(21)19-11-12-22-2)13-14-7-6-10-18-16(14)23-15-8-4-3-5-9-15/h3-10H,11-13H2,1-2H3,(H,19,21). The summed E-state index contributed by atoms with van der Waals surface area (Å²) in [7, 11) is 3.32. The minimum atomic E-state index is -0.170. The third-order valence-electron chi connectivity index (χ3n) is 3.14. The first-order chi connectivity index (χ1) is 11.2. The van der Waals surface area contributed by atoms with Crippen molar-refractivity contribution >= 4 is 6.03 Å². The van der Waals surface area contributed by atoms with Crippen molar-refractivity contribution in [3.05, 3.63) is 54.2 Å². The normalized spacial score (nSPS) is 10.2. The van der Waals surface area contributed by atoms with Crippen molar-refractivity contribution in [3.63, 3.8) is 0 Å². The van der Waals surface area contributed by atoms with Crippen LogP contribution in [0.25, 0.3) is 0 Å². The maximum atomic E-state index is 12.0. The summed E-state index contributed by atoms with van der Waals surface area (Å²) in [6.45, 7) is 1.35. The summed E-state index contributed by atoms with van der Waals surface area (Å²) in [5.74, 6) is 1.20. The Kier molecular flexibility index (Phi) is 6.38. The molecule has 1 aromatic heterocycles. The number of ether oxygens (including phenoxy) is 2. The van der Waals surface area contributed by atoms with Crippen LogP contribution in [0.3, 0.4) is 0 Å². The predicted molar refractivity (Wildman–Crippen MR) is 87.5 cm³/mol. The van der Waals surface area contributed by atoms with Gasteiger partial charge in [0, 0.05) is 32.5 Å². The van der Waals surface area contributed by atoms with Crippen LogP contribution in [0.1, 0.15) is 5.56 Å². The zero-order chi connectivity index (χ0) is 16.5. The van der Waals surface area contributed by atoms with Gasteiger partial charge in [0.25, 0.3) is 0 Å². The van der Waals surface area contributed by atoms with Crippen LogP contribution in [0.15, 0.2) is 48.7 Å². The second-order valence-corrected chi connectivity index (χ2v) is 4.96. The summed E-state index contributed by atoms with van der Waals surface area (Å²) in [6.07, 6.45) is 1.67. The molecule has 2 aromatic rings. The highest BCUT2D eigenvalue weighted by atomic mass is 16.5. The number of hydrogen-bond donors (Lipinski definition) is 1. The van der Waals surface area contributed by atoms with Crippen LogP contribution in [0.4, 0.5) is 4.79 Å². The van der Waals surface area contributed by atoms with E-state index in [0.29, 0.717) is 31.3 Å². The van der Waals surface area contributed by atoms with Gasteiger partial charge in [0.05, 0.1) is 13.2 Å². The monoisotopic (exact) mass is 315 g/mol. The number of nitrogens with one attached hydrogen (secondary N) is 1. The van der Waals surface area contributed by atoms with E-state index in [-0.39, 0.29) is 6.03 Å². The molecule has 1 N–H and O–H groups in total. The number of methoxy groups -OCH3 is 1. The van der Waals surface area contributed by atoms with E-state index in [1.807, 2.05) is 42.5 Å². The molecule has 0 aliphatic carbocycles. The van der Waals surface area contributed by atoms with Gasteiger partial charge >= 0.3 is 6.03 Å². The lowest BCUT2D eigenvalue weighted by atomic mass is 10.2. The van der Waals surface area contributed by atoms with E-state index in [2.05, 4.69) is 10.3 Å². The van der Waals surface area contributed by atoms with Gasteiger partial charge in [-0.2, -0.15) is 0 Å². The van der Waals surface area contributed by atoms with Crippen LogP contribution < -0.4 is 10.1 Å².